The molecule has 1 heteroatoms. The summed E-state index contributed by atoms with van der Waals surface area (Å²) in [5, 5.41) is 4.00. The van der Waals surface area contributed by atoms with Crippen LogP contribution in [0.3, 0.4) is 0 Å². The van der Waals surface area contributed by atoms with Crippen molar-refractivity contribution in [2.75, 3.05) is 5.32 Å². The van der Waals surface area contributed by atoms with Crippen LogP contribution in [0.2, 0.25) is 0 Å². The summed E-state index contributed by atoms with van der Waals surface area (Å²) in [6.07, 6.45) is 10.5. The lowest BCUT2D eigenvalue weighted by Crippen LogP contribution is -2.53. The maximum Gasteiger partial charge on any atom is 0.0408 e. The quantitative estimate of drug-likeness (QED) is 0.775. The van der Waals surface area contributed by atoms with E-state index in [0.717, 1.165) is 23.8 Å². The molecule has 1 aromatic rings. The van der Waals surface area contributed by atoms with E-state index in [0.29, 0.717) is 5.41 Å². The summed E-state index contributed by atoms with van der Waals surface area (Å²) in [5.74, 6) is 3.18. The van der Waals surface area contributed by atoms with E-state index in [2.05, 4.69) is 31.3 Å². The Labute approximate surface area is 128 Å². The van der Waals surface area contributed by atoms with Crippen LogP contribution in [-0.2, 0) is 6.42 Å². The molecule has 4 fully saturated rings. The van der Waals surface area contributed by atoms with E-state index >= 15 is 0 Å². The van der Waals surface area contributed by atoms with Gasteiger partial charge >= 0.3 is 0 Å². The molecule has 0 amide bonds. The van der Waals surface area contributed by atoms with Crippen molar-refractivity contribution < 1.29 is 0 Å². The molecule has 1 atom stereocenters. The van der Waals surface area contributed by atoms with Crippen LogP contribution in [0.25, 0.3) is 0 Å². The van der Waals surface area contributed by atoms with Crippen molar-refractivity contribution in [3.8, 4) is 0 Å². The Kier molecular flexibility index (Phi) is 2.42. The third kappa shape index (κ3) is 1.69. The molecule has 0 spiro atoms. The maximum atomic E-state index is 4.00. The fraction of sp³-hybridized carbons (Fsp3) is 0.700. The Bertz CT molecular complexity index is 565. The molecule has 1 aliphatic heterocycles. The van der Waals surface area contributed by atoms with Crippen LogP contribution in [0.4, 0.5) is 5.69 Å². The molecule has 1 heterocycles. The molecule has 4 saturated carbocycles. The van der Waals surface area contributed by atoms with Crippen molar-refractivity contribution >= 4 is 5.69 Å². The largest absolute Gasteiger partial charge is 0.381 e. The van der Waals surface area contributed by atoms with E-state index in [4.69, 9.17) is 0 Å². The molecule has 4 aliphatic carbocycles. The first-order chi connectivity index (χ1) is 10.1. The Morgan fingerprint density at radius 1 is 0.952 bits per heavy atom. The monoisotopic (exact) mass is 281 g/mol. The minimum absolute atomic E-state index is 0.633. The van der Waals surface area contributed by atoms with Gasteiger partial charge in [0.2, 0.25) is 0 Å². The average Bonchev–Trinajstić information content (AvgIpc) is 2.87. The molecule has 6 rings (SSSR count). The molecule has 5 aliphatic rings. The van der Waals surface area contributed by atoms with Gasteiger partial charge in [-0.15, -0.1) is 0 Å². The van der Waals surface area contributed by atoms with Crippen LogP contribution in [0.1, 0.15) is 55.2 Å². The SMILES string of the molecule is Cc1ccc2c(c1C)NC(C13CC4CC(CC(C4)C1)C3)C2. The van der Waals surface area contributed by atoms with Crippen LogP contribution in [0, 0.1) is 37.0 Å². The highest BCUT2D eigenvalue weighted by Crippen LogP contribution is 2.62. The zero-order chi connectivity index (χ0) is 14.2. The van der Waals surface area contributed by atoms with E-state index in [1.54, 1.807) is 24.8 Å². The highest BCUT2D eigenvalue weighted by molar-refractivity contribution is 5.64. The second-order valence-corrected chi connectivity index (χ2v) is 8.72. The molecule has 0 radical (unpaired) electrons. The molecule has 0 saturated heterocycles. The van der Waals surface area contributed by atoms with E-state index in [1.165, 1.54) is 42.5 Å². The Morgan fingerprint density at radius 3 is 2.19 bits per heavy atom. The molecule has 112 valence electrons. The zero-order valence-corrected chi connectivity index (χ0v) is 13.4. The predicted molar refractivity (Wildman–Crippen MR) is 87.6 cm³/mol. The summed E-state index contributed by atoms with van der Waals surface area (Å²) in [7, 11) is 0. The van der Waals surface area contributed by atoms with Crippen molar-refractivity contribution in [2.24, 2.45) is 23.2 Å². The predicted octanol–water partition coefficient (Wildman–Crippen LogP) is 4.86. The van der Waals surface area contributed by atoms with Gasteiger partial charge in [0.15, 0.2) is 0 Å². The summed E-state index contributed by atoms with van der Waals surface area (Å²) >= 11 is 0. The topological polar surface area (TPSA) is 12.0 Å². The van der Waals surface area contributed by atoms with E-state index < -0.39 is 0 Å². The zero-order valence-electron chi connectivity index (χ0n) is 13.4. The standard InChI is InChI=1S/C20H27N/c1-12-3-4-17-8-18(21-19(17)13(12)2)20-9-14-5-15(10-20)7-16(6-14)11-20/h3-4,14-16,18,21H,5-11H2,1-2H3. The van der Waals surface area contributed by atoms with Crippen LogP contribution in [-0.4, -0.2) is 6.04 Å². The maximum absolute atomic E-state index is 4.00. The van der Waals surface area contributed by atoms with Crippen LogP contribution >= 0.6 is 0 Å². The molecule has 1 unspecified atom stereocenters. The van der Waals surface area contributed by atoms with Crippen molar-refractivity contribution in [2.45, 2.75) is 64.8 Å². The van der Waals surface area contributed by atoms with Gasteiger partial charge < -0.3 is 5.32 Å². The number of aryl methyl sites for hydroxylation is 1. The van der Waals surface area contributed by atoms with Crippen molar-refractivity contribution in [1.29, 1.82) is 0 Å². The van der Waals surface area contributed by atoms with Gasteiger partial charge in [-0.25, -0.2) is 0 Å². The number of benzene rings is 1. The number of fused-ring (bicyclic) bond motifs is 1. The Morgan fingerprint density at radius 2 is 1.57 bits per heavy atom. The Hall–Kier alpha value is -0.980. The Balaban J connectivity index is 1.49. The molecular weight excluding hydrogens is 254 g/mol. The van der Waals surface area contributed by atoms with Crippen LogP contribution in [0.5, 0.6) is 0 Å². The van der Waals surface area contributed by atoms with Gasteiger partial charge in [0.25, 0.3) is 0 Å². The summed E-state index contributed by atoms with van der Waals surface area (Å²) in [6, 6.07) is 5.42. The lowest BCUT2D eigenvalue weighted by molar-refractivity contribution is -0.0619. The number of hydrogen-bond donors (Lipinski definition) is 1. The van der Waals surface area contributed by atoms with E-state index in [-0.39, 0.29) is 0 Å². The first-order valence-electron chi connectivity index (χ1n) is 8.98. The van der Waals surface area contributed by atoms with Gasteiger partial charge in [0, 0.05) is 11.7 Å². The van der Waals surface area contributed by atoms with Crippen LogP contribution in [0.15, 0.2) is 12.1 Å². The third-order valence-electron chi connectivity index (χ3n) is 7.39. The smallest absolute Gasteiger partial charge is 0.0408 e. The highest BCUT2D eigenvalue weighted by atomic mass is 15.0. The minimum atomic E-state index is 0.633. The number of rotatable bonds is 1. The second kappa shape index (κ2) is 4.06. The third-order valence-corrected chi connectivity index (χ3v) is 7.39. The lowest BCUT2D eigenvalue weighted by atomic mass is 9.47. The summed E-state index contributed by atoms with van der Waals surface area (Å²) in [6.45, 7) is 4.54. The fourth-order valence-electron chi connectivity index (χ4n) is 6.66. The lowest BCUT2D eigenvalue weighted by Gasteiger charge is -2.59. The van der Waals surface area contributed by atoms with Gasteiger partial charge in [-0.3, -0.25) is 0 Å². The molecule has 1 aromatic carbocycles. The normalized spacial score (nSPS) is 43.0. The molecule has 1 N–H and O–H groups in total. The first kappa shape index (κ1) is 12.6. The van der Waals surface area contributed by atoms with Gasteiger partial charge in [-0.05, 0) is 98.7 Å². The average molecular weight is 281 g/mol. The summed E-state index contributed by atoms with van der Waals surface area (Å²) in [4.78, 5) is 0. The van der Waals surface area contributed by atoms with Gasteiger partial charge in [-0.1, -0.05) is 12.1 Å². The van der Waals surface area contributed by atoms with Gasteiger partial charge in [0.05, 0.1) is 0 Å². The minimum Gasteiger partial charge on any atom is -0.381 e. The van der Waals surface area contributed by atoms with Crippen LogP contribution < -0.4 is 5.32 Å². The fourth-order valence-corrected chi connectivity index (χ4v) is 6.66. The number of anilines is 1. The second-order valence-electron chi connectivity index (χ2n) is 8.72. The number of nitrogens with one attached hydrogen (secondary N) is 1. The van der Waals surface area contributed by atoms with Crippen molar-refractivity contribution in [3.05, 3.63) is 28.8 Å². The van der Waals surface area contributed by atoms with Gasteiger partial charge in [0.1, 0.15) is 0 Å². The highest BCUT2D eigenvalue weighted by Gasteiger charge is 2.55. The van der Waals surface area contributed by atoms with E-state index in [9.17, 15) is 0 Å². The summed E-state index contributed by atoms with van der Waals surface area (Å²) < 4.78 is 0. The van der Waals surface area contributed by atoms with E-state index in [1.807, 2.05) is 0 Å². The summed E-state index contributed by atoms with van der Waals surface area (Å²) in [5.41, 5.74) is 6.62. The van der Waals surface area contributed by atoms with Crippen molar-refractivity contribution in [1.82, 2.24) is 0 Å². The molecule has 21 heavy (non-hydrogen) atoms. The number of hydrogen-bond acceptors (Lipinski definition) is 1. The molecule has 4 bridgehead atoms. The van der Waals surface area contributed by atoms with Gasteiger partial charge in [-0.2, -0.15) is 0 Å². The first-order valence-corrected chi connectivity index (χ1v) is 8.98. The molecule has 1 nitrogen and oxygen atoms in total. The molecular formula is C20H27N. The molecule has 0 aromatic heterocycles. The van der Waals surface area contributed by atoms with Crippen molar-refractivity contribution in [3.63, 3.8) is 0 Å².